The second-order valence-electron chi connectivity index (χ2n) is 6.08. The van der Waals surface area contributed by atoms with Crippen molar-refractivity contribution in [2.24, 2.45) is 0 Å². The number of carbonyl (C=O) groups excluding carboxylic acids is 1. The molecular formula is C20H22N4O2S2. The van der Waals surface area contributed by atoms with Gasteiger partial charge in [0.1, 0.15) is 5.75 Å². The van der Waals surface area contributed by atoms with Crippen LogP contribution < -0.4 is 10.1 Å². The van der Waals surface area contributed by atoms with Crippen molar-refractivity contribution in [1.82, 2.24) is 15.0 Å². The lowest BCUT2D eigenvalue weighted by molar-refractivity contribution is -0.115. The van der Waals surface area contributed by atoms with E-state index in [4.69, 9.17) is 4.74 Å². The molecule has 0 saturated carbocycles. The molecule has 3 aromatic rings. The van der Waals surface area contributed by atoms with E-state index in [9.17, 15) is 4.79 Å². The molecule has 0 unspecified atom stereocenters. The van der Waals surface area contributed by atoms with Gasteiger partial charge in [0.2, 0.25) is 5.91 Å². The third-order valence-corrected chi connectivity index (χ3v) is 5.34. The Balaban J connectivity index is 1.50. The molecule has 0 fully saturated rings. The second kappa shape index (κ2) is 9.66. The van der Waals surface area contributed by atoms with Gasteiger partial charge in [-0.25, -0.2) is 15.0 Å². The van der Waals surface area contributed by atoms with E-state index >= 15 is 0 Å². The van der Waals surface area contributed by atoms with Gasteiger partial charge >= 0.3 is 0 Å². The summed E-state index contributed by atoms with van der Waals surface area (Å²) in [6.45, 7) is 6.47. The van der Waals surface area contributed by atoms with Gasteiger partial charge in [0, 0.05) is 34.5 Å². The van der Waals surface area contributed by atoms with E-state index in [1.54, 1.807) is 0 Å². The zero-order valence-electron chi connectivity index (χ0n) is 16.1. The standard InChI is InChI=1S/C20H22N4O2S2/c1-4-26-16-7-5-15(6-8-16)17-12-28-20(23-17)24-18(25)9-10-27-19-21-13(2)11-14(3)22-19/h5-8,11-12H,4,9-10H2,1-3H3,(H,23,24,25). The lowest BCUT2D eigenvalue weighted by atomic mass is 10.2. The fraction of sp³-hybridized carbons (Fsp3) is 0.300. The lowest BCUT2D eigenvalue weighted by Gasteiger charge is -2.04. The van der Waals surface area contributed by atoms with Crippen LogP contribution in [0.2, 0.25) is 0 Å². The van der Waals surface area contributed by atoms with Gasteiger partial charge in [0.05, 0.1) is 12.3 Å². The summed E-state index contributed by atoms with van der Waals surface area (Å²) in [5.74, 6) is 1.39. The predicted molar refractivity (Wildman–Crippen MR) is 114 cm³/mol. The number of ether oxygens (including phenoxy) is 1. The molecule has 8 heteroatoms. The molecule has 3 rings (SSSR count). The van der Waals surface area contributed by atoms with Gasteiger partial charge < -0.3 is 10.1 Å². The summed E-state index contributed by atoms with van der Waals surface area (Å²) < 4.78 is 5.45. The first-order valence-corrected chi connectivity index (χ1v) is 10.8. The van der Waals surface area contributed by atoms with E-state index in [0.29, 0.717) is 29.1 Å². The molecule has 0 spiro atoms. The van der Waals surface area contributed by atoms with Gasteiger partial charge in [0.25, 0.3) is 0 Å². The number of hydrogen-bond acceptors (Lipinski definition) is 7. The van der Waals surface area contributed by atoms with Crippen LogP contribution in [-0.2, 0) is 4.79 Å². The summed E-state index contributed by atoms with van der Waals surface area (Å²) >= 11 is 2.90. The summed E-state index contributed by atoms with van der Waals surface area (Å²) in [4.78, 5) is 25.4. The fourth-order valence-electron chi connectivity index (χ4n) is 2.53. The Bertz CT molecular complexity index is 921. The number of nitrogens with zero attached hydrogens (tertiary/aromatic N) is 3. The molecule has 0 bridgehead atoms. The largest absolute Gasteiger partial charge is 0.494 e. The van der Waals surface area contributed by atoms with Crippen LogP contribution in [0.1, 0.15) is 24.7 Å². The van der Waals surface area contributed by atoms with Crippen molar-refractivity contribution in [2.45, 2.75) is 32.3 Å². The van der Waals surface area contributed by atoms with Crippen molar-refractivity contribution in [3.63, 3.8) is 0 Å². The Morgan fingerprint density at radius 1 is 1.14 bits per heavy atom. The molecule has 146 valence electrons. The number of thiazole rings is 1. The third-order valence-electron chi connectivity index (χ3n) is 3.73. The molecule has 6 nitrogen and oxygen atoms in total. The molecule has 0 aliphatic heterocycles. The Morgan fingerprint density at radius 2 is 1.86 bits per heavy atom. The number of amides is 1. The fourth-order valence-corrected chi connectivity index (χ4v) is 4.15. The molecule has 28 heavy (non-hydrogen) atoms. The molecule has 1 amide bonds. The van der Waals surface area contributed by atoms with Crippen molar-refractivity contribution in [2.75, 3.05) is 17.7 Å². The first-order valence-electron chi connectivity index (χ1n) is 8.97. The van der Waals surface area contributed by atoms with E-state index in [-0.39, 0.29) is 5.91 Å². The minimum absolute atomic E-state index is 0.0653. The molecule has 0 aliphatic carbocycles. The third kappa shape index (κ3) is 5.77. The lowest BCUT2D eigenvalue weighted by Crippen LogP contribution is -2.12. The zero-order chi connectivity index (χ0) is 19.9. The van der Waals surface area contributed by atoms with E-state index in [1.165, 1.54) is 23.1 Å². The van der Waals surface area contributed by atoms with Gasteiger partial charge in [-0.3, -0.25) is 4.79 Å². The van der Waals surface area contributed by atoms with Crippen LogP contribution in [0, 0.1) is 13.8 Å². The number of rotatable bonds is 8. The van der Waals surface area contributed by atoms with E-state index in [1.807, 2.05) is 56.5 Å². The van der Waals surface area contributed by atoms with Crippen LogP contribution in [0.3, 0.4) is 0 Å². The normalized spacial score (nSPS) is 10.7. The number of anilines is 1. The number of hydrogen-bond donors (Lipinski definition) is 1. The molecule has 0 atom stereocenters. The molecule has 0 saturated heterocycles. The maximum absolute atomic E-state index is 12.2. The first-order chi connectivity index (χ1) is 13.5. The average Bonchev–Trinajstić information content (AvgIpc) is 3.10. The van der Waals surface area contributed by atoms with Crippen LogP contribution >= 0.6 is 23.1 Å². The smallest absolute Gasteiger partial charge is 0.226 e. The number of benzene rings is 1. The van der Waals surface area contributed by atoms with Crippen LogP contribution in [0.4, 0.5) is 5.13 Å². The molecule has 1 N–H and O–H groups in total. The van der Waals surface area contributed by atoms with Crippen LogP contribution in [0.5, 0.6) is 5.75 Å². The Morgan fingerprint density at radius 3 is 2.54 bits per heavy atom. The Hall–Kier alpha value is -2.45. The first kappa shape index (κ1) is 20.3. The monoisotopic (exact) mass is 414 g/mol. The quantitative estimate of drug-likeness (QED) is 0.424. The number of nitrogens with one attached hydrogen (secondary N) is 1. The van der Waals surface area contributed by atoms with E-state index < -0.39 is 0 Å². The highest BCUT2D eigenvalue weighted by Gasteiger charge is 2.09. The minimum Gasteiger partial charge on any atom is -0.494 e. The highest BCUT2D eigenvalue weighted by atomic mass is 32.2. The zero-order valence-corrected chi connectivity index (χ0v) is 17.7. The maximum atomic E-state index is 12.2. The number of thioether (sulfide) groups is 1. The van der Waals surface area contributed by atoms with Crippen LogP contribution in [0.25, 0.3) is 11.3 Å². The Kier molecular flexibility index (Phi) is 7.00. The van der Waals surface area contributed by atoms with Crippen LogP contribution in [0.15, 0.2) is 40.9 Å². The van der Waals surface area contributed by atoms with E-state index in [0.717, 1.165) is 28.4 Å². The summed E-state index contributed by atoms with van der Waals surface area (Å²) in [5, 5.41) is 6.10. The van der Waals surface area contributed by atoms with Gasteiger partial charge in [-0.05, 0) is 51.1 Å². The molecule has 0 aliphatic rings. The Labute approximate surface area is 172 Å². The maximum Gasteiger partial charge on any atom is 0.226 e. The van der Waals surface area contributed by atoms with Gasteiger partial charge in [-0.2, -0.15) is 0 Å². The molecule has 0 radical (unpaired) electrons. The molecule has 2 aromatic heterocycles. The van der Waals surface area contributed by atoms with Gasteiger partial charge in [0.15, 0.2) is 10.3 Å². The summed E-state index contributed by atoms with van der Waals surface area (Å²) in [6, 6.07) is 9.70. The molecule has 1 aromatic carbocycles. The van der Waals surface area contributed by atoms with Crippen molar-refractivity contribution in [1.29, 1.82) is 0 Å². The highest BCUT2D eigenvalue weighted by Crippen LogP contribution is 2.26. The summed E-state index contributed by atoms with van der Waals surface area (Å²) in [6.07, 6.45) is 0.374. The molecule has 2 heterocycles. The van der Waals surface area contributed by atoms with Gasteiger partial charge in [-0.1, -0.05) is 11.8 Å². The SMILES string of the molecule is CCOc1ccc(-c2csc(NC(=O)CCSc3nc(C)cc(C)n3)n2)cc1. The van der Waals surface area contributed by atoms with Crippen molar-refractivity contribution in [3.8, 4) is 17.0 Å². The molecular weight excluding hydrogens is 392 g/mol. The number of aryl methyl sites for hydroxylation is 2. The number of carbonyl (C=O) groups is 1. The summed E-state index contributed by atoms with van der Waals surface area (Å²) in [7, 11) is 0. The van der Waals surface area contributed by atoms with E-state index in [2.05, 4.69) is 20.3 Å². The minimum atomic E-state index is -0.0653. The summed E-state index contributed by atoms with van der Waals surface area (Å²) in [5.41, 5.74) is 3.69. The second-order valence-corrected chi connectivity index (χ2v) is 8.00. The predicted octanol–water partition coefficient (Wildman–Crippen LogP) is 4.74. The average molecular weight is 415 g/mol. The topological polar surface area (TPSA) is 77.0 Å². The van der Waals surface area contributed by atoms with Gasteiger partial charge in [-0.15, -0.1) is 11.3 Å². The van der Waals surface area contributed by atoms with Crippen molar-refractivity contribution < 1.29 is 9.53 Å². The number of aromatic nitrogens is 3. The van der Waals surface area contributed by atoms with Crippen LogP contribution in [-0.4, -0.2) is 33.2 Å². The van der Waals surface area contributed by atoms with Crippen molar-refractivity contribution >= 4 is 34.1 Å². The highest BCUT2D eigenvalue weighted by molar-refractivity contribution is 7.99. The van der Waals surface area contributed by atoms with Crippen molar-refractivity contribution in [3.05, 3.63) is 47.1 Å².